The van der Waals surface area contributed by atoms with Crippen molar-refractivity contribution in [1.82, 2.24) is 5.32 Å². The number of nitrogens with two attached hydrogens (primary N) is 3. The van der Waals surface area contributed by atoms with Gasteiger partial charge in [-0.15, -0.1) is 0 Å². The summed E-state index contributed by atoms with van der Waals surface area (Å²) in [5, 5.41) is 19.9. The van der Waals surface area contributed by atoms with Gasteiger partial charge in [-0.05, 0) is 19.8 Å². The third-order valence-electron chi connectivity index (χ3n) is 2.12. The molecule has 9 heteroatoms. The lowest BCUT2D eigenvalue weighted by molar-refractivity contribution is -0.122. The van der Waals surface area contributed by atoms with E-state index >= 15 is 0 Å². The molecule has 0 rings (SSSR count). The Morgan fingerprint density at radius 1 is 1.47 bits per heavy atom. The highest BCUT2D eigenvalue weighted by Gasteiger charge is 2.22. The molecule has 2 atom stereocenters. The number of aliphatic imine (C=N–C) groups is 1. The van der Waals surface area contributed by atoms with Crippen molar-refractivity contribution in [2.24, 2.45) is 22.2 Å². The fourth-order valence-electron chi connectivity index (χ4n) is 1.06. The van der Waals surface area contributed by atoms with Gasteiger partial charge in [0.25, 0.3) is 0 Å². The van der Waals surface area contributed by atoms with Crippen LogP contribution in [0.25, 0.3) is 0 Å². The van der Waals surface area contributed by atoms with Gasteiger partial charge >= 0.3 is 7.12 Å². The Hall–Kier alpha value is -1.32. The lowest BCUT2D eigenvalue weighted by Gasteiger charge is -2.16. The number of guanidine groups is 1. The minimum Gasteiger partial charge on any atom is -0.426 e. The summed E-state index contributed by atoms with van der Waals surface area (Å²) in [6.45, 7) is 1.87. The minimum absolute atomic E-state index is 0.0000444. The molecule has 0 fully saturated rings. The number of carbonyl (C=O) groups is 1. The second-order valence-electron chi connectivity index (χ2n) is 3.77. The van der Waals surface area contributed by atoms with Gasteiger partial charge in [-0.3, -0.25) is 9.79 Å². The first-order valence-corrected chi connectivity index (χ1v) is 5.32. The fraction of sp³-hybridized carbons (Fsp3) is 0.750. The van der Waals surface area contributed by atoms with Gasteiger partial charge < -0.3 is 32.6 Å². The van der Waals surface area contributed by atoms with Crippen LogP contribution in [0.3, 0.4) is 0 Å². The average Bonchev–Trinajstić information content (AvgIpc) is 2.23. The highest BCUT2D eigenvalue weighted by atomic mass is 16.4. The summed E-state index contributed by atoms with van der Waals surface area (Å²) in [6, 6.07) is -0.717. The molecule has 0 saturated heterocycles. The quantitative estimate of drug-likeness (QED) is 0.120. The van der Waals surface area contributed by atoms with E-state index in [0.29, 0.717) is 19.4 Å². The molecule has 0 aliphatic heterocycles. The highest BCUT2D eigenvalue weighted by Crippen LogP contribution is 1.96. The summed E-state index contributed by atoms with van der Waals surface area (Å²) in [7, 11) is -1.60. The lowest BCUT2D eigenvalue weighted by atomic mass is 9.81. The minimum atomic E-state index is -1.60. The number of carbonyl (C=O) groups excluding carboxylic acids is 1. The van der Waals surface area contributed by atoms with E-state index in [-0.39, 0.29) is 5.96 Å². The molecule has 0 aliphatic rings. The maximum Gasteiger partial charge on any atom is 0.475 e. The lowest BCUT2D eigenvalue weighted by Crippen LogP contribution is -2.50. The van der Waals surface area contributed by atoms with Gasteiger partial charge in [0.05, 0.1) is 12.0 Å². The predicted octanol–water partition coefficient (Wildman–Crippen LogP) is -3.12. The summed E-state index contributed by atoms with van der Waals surface area (Å²) in [6.07, 6.45) is 0.986. The van der Waals surface area contributed by atoms with Crippen LogP contribution in [0.1, 0.15) is 19.8 Å². The summed E-state index contributed by atoms with van der Waals surface area (Å²) >= 11 is 0. The molecule has 0 spiro atoms. The van der Waals surface area contributed by atoms with E-state index in [4.69, 9.17) is 27.2 Å². The van der Waals surface area contributed by atoms with Crippen molar-refractivity contribution >= 4 is 19.0 Å². The Morgan fingerprint density at radius 3 is 2.53 bits per heavy atom. The number of rotatable bonds is 7. The molecule has 9 N–H and O–H groups in total. The number of hydrogen-bond acceptors (Lipinski definition) is 5. The zero-order valence-electron chi connectivity index (χ0n) is 9.84. The Labute approximate surface area is 100 Å². The van der Waals surface area contributed by atoms with Crippen molar-refractivity contribution in [3.8, 4) is 0 Å². The van der Waals surface area contributed by atoms with E-state index in [0.717, 1.165) is 0 Å². The molecule has 98 valence electrons. The van der Waals surface area contributed by atoms with Crippen molar-refractivity contribution in [3.63, 3.8) is 0 Å². The molecule has 17 heavy (non-hydrogen) atoms. The van der Waals surface area contributed by atoms with Gasteiger partial charge in [0.1, 0.15) is 0 Å². The van der Waals surface area contributed by atoms with Crippen LogP contribution in [-0.4, -0.2) is 47.6 Å². The standard InChI is InChI=1S/C8H20BN5O3/c1-5(9(16)17)14-7(15)6(10)3-2-4-13-8(11)12/h5-6,16-17H,2-4,10H2,1H3,(H,14,15)(H4,11,12,13)/t5-,6-/m0/s1. The van der Waals surface area contributed by atoms with Crippen LogP contribution in [0.5, 0.6) is 0 Å². The van der Waals surface area contributed by atoms with Gasteiger partial charge in [0.15, 0.2) is 5.96 Å². The Kier molecular flexibility index (Phi) is 7.27. The second-order valence-corrected chi connectivity index (χ2v) is 3.77. The maximum absolute atomic E-state index is 11.4. The summed E-state index contributed by atoms with van der Waals surface area (Å²) in [5.74, 6) is -1.19. The first-order valence-electron chi connectivity index (χ1n) is 5.32. The van der Waals surface area contributed by atoms with Crippen LogP contribution >= 0.6 is 0 Å². The molecular formula is C8H20BN5O3. The van der Waals surface area contributed by atoms with Crippen molar-refractivity contribution in [3.05, 3.63) is 0 Å². The molecule has 0 aromatic rings. The number of nitrogens with zero attached hydrogens (tertiary/aromatic N) is 1. The van der Waals surface area contributed by atoms with Gasteiger partial charge in [-0.2, -0.15) is 0 Å². The molecule has 0 heterocycles. The van der Waals surface area contributed by atoms with Gasteiger partial charge in [-0.25, -0.2) is 0 Å². The van der Waals surface area contributed by atoms with Crippen molar-refractivity contribution in [2.75, 3.05) is 6.54 Å². The van der Waals surface area contributed by atoms with Gasteiger partial charge in [0, 0.05) is 6.54 Å². The molecule has 0 bridgehead atoms. The van der Waals surface area contributed by atoms with Crippen molar-refractivity contribution in [2.45, 2.75) is 31.7 Å². The molecule has 0 saturated carbocycles. The molecule has 0 aromatic heterocycles. The van der Waals surface area contributed by atoms with Crippen molar-refractivity contribution in [1.29, 1.82) is 0 Å². The fourth-order valence-corrected chi connectivity index (χ4v) is 1.06. The van der Waals surface area contributed by atoms with E-state index in [9.17, 15) is 4.79 Å². The van der Waals surface area contributed by atoms with Crippen LogP contribution in [0, 0.1) is 0 Å². The average molecular weight is 245 g/mol. The Bertz CT molecular complexity index is 270. The summed E-state index contributed by atoms with van der Waals surface area (Å²) < 4.78 is 0. The topological polar surface area (TPSA) is 160 Å². The molecule has 1 amide bonds. The van der Waals surface area contributed by atoms with Crippen LogP contribution < -0.4 is 22.5 Å². The second kappa shape index (κ2) is 7.88. The number of hydrogen-bond donors (Lipinski definition) is 6. The zero-order valence-corrected chi connectivity index (χ0v) is 9.84. The van der Waals surface area contributed by atoms with Crippen LogP contribution in [0.2, 0.25) is 0 Å². The summed E-state index contributed by atoms with van der Waals surface area (Å²) in [4.78, 5) is 15.2. The molecular weight excluding hydrogens is 225 g/mol. The van der Waals surface area contributed by atoms with Crippen LogP contribution in [-0.2, 0) is 4.79 Å². The van der Waals surface area contributed by atoms with E-state index in [1.165, 1.54) is 6.92 Å². The van der Waals surface area contributed by atoms with Crippen LogP contribution in [0.15, 0.2) is 4.99 Å². The Balaban J connectivity index is 3.86. The van der Waals surface area contributed by atoms with Crippen molar-refractivity contribution < 1.29 is 14.8 Å². The number of amides is 1. The monoisotopic (exact) mass is 245 g/mol. The van der Waals surface area contributed by atoms with E-state index in [2.05, 4.69) is 10.3 Å². The third-order valence-corrected chi connectivity index (χ3v) is 2.12. The van der Waals surface area contributed by atoms with Gasteiger partial charge in [0.2, 0.25) is 5.91 Å². The molecule has 0 radical (unpaired) electrons. The number of nitrogens with one attached hydrogen (secondary N) is 1. The predicted molar refractivity (Wildman–Crippen MR) is 65.7 cm³/mol. The SMILES string of the molecule is C[C@H](NC(=O)[C@@H](N)CCCN=C(N)N)B(O)O. The largest absolute Gasteiger partial charge is 0.475 e. The third kappa shape index (κ3) is 7.56. The normalized spacial score (nSPS) is 13.6. The maximum atomic E-state index is 11.4. The molecule has 8 nitrogen and oxygen atoms in total. The zero-order chi connectivity index (χ0) is 13.4. The van der Waals surface area contributed by atoms with Crippen LogP contribution in [0.4, 0.5) is 0 Å². The first kappa shape index (κ1) is 15.7. The molecule has 0 aromatic carbocycles. The molecule has 0 aliphatic carbocycles. The smallest absolute Gasteiger partial charge is 0.426 e. The van der Waals surface area contributed by atoms with Gasteiger partial charge in [-0.1, -0.05) is 0 Å². The van der Waals surface area contributed by atoms with E-state index < -0.39 is 25.0 Å². The van der Waals surface area contributed by atoms with E-state index in [1.807, 2.05) is 0 Å². The Morgan fingerprint density at radius 2 is 2.06 bits per heavy atom. The first-order chi connectivity index (χ1) is 7.84. The summed E-state index contributed by atoms with van der Waals surface area (Å²) in [5.41, 5.74) is 15.9. The van der Waals surface area contributed by atoms with E-state index in [1.54, 1.807) is 0 Å². The molecule has 0 unspecified atom stereocenters. The highest BCUT2D eigenvalue weighted by molar-refractivity contribution is 6.43.